The highest BCUT2D eigenvalue weighted by Gasteiger charge is 2.19. The van der Waals surface area contributed by atoms with Gasteiger partial charge in [0.05, 0.1) is 11.6 Å². The Bertz CT molecular complexity index is 932. The van der Waals surface area contributed by atoms with Gasteiger partial charge in [0.15, 0.2) is 6.61 Å². The van der Waals surface area contributed by atoms with E-state index in [0.717, 1.165) is 10.4 Å². The first-order valence-corrected chi connectivity index (χ1v) is 9.15. The average Bonchev–Trinajstić information content (AvgIpc) is 3.19. The zero-order valence-corrected chi connectivity index (χ0v) is 15.5. The van der Waals surface area contributed by atoms with Crippen molar-refractivity contribution in [3.8, 4) is 0 Å². The lowest BCUT2D eigenvalue weighted by atomic mass is 10.1. The van der Waals surface area contributed by atoms with Crippen LogP contribution in [0.2, 0.25) is 5.15 Å². The predicted molar refractivity (Wildman–Crippen MR) is 100 cm³/mol. The van der Waals surface area contributed by atoms with Crippen LogP contribution >= 0.6 is 22.9 Å². The largest absolute Gasteiger partial charge is 0.452 e. The van der Waals surface area contributed by atoms with Crippen LogP contribution in [-0.2, 0) is 9.53 Å². The lowest BCUT2D eigenvalue weighted by Crippen LogP contribution is -2.32. The molecule has 0 radical (unpaired) electrons. The number of aromatic nitrogens is 1. The molecule has 8 heteroatoms. The quantitative estimate of drug-likeness (QED) is 0.498. The van der Waals surface area contributed by atoms with Gasteiger partial charge in [-0.2, -0.15) is 0 Å². The minimum absolute atomic E-state index is 0.156. The highest BCUT2D eigenvalue weighted by atomic mass is 35.5. The van der Waals surface area contributed by atoms with Gasteiger partial charge < -0.3 is 10.1 Å². The molecule has 1 atom stereocenters. The molecule has 1 aromatic carbocycles. The molecule has 27 heavy (non-hydrogen) atoms. The molecule has 2 heterocycles. The molecule has 0 bridgehead atoms. The zero-order chi connectivity index (χ0) is 19.2. The highest BCUT2D eigenvalue weighted by Crippen LogP contribution is 2.26. The van der Waals surface area contributed by atoms with Crippen LogP contribution in [0.1, 0.15) is 26.8 Å². The van der Waals surface area contributed by atoms with Crippen molar-refractivity contribution in [2.24, 2.45) is 0 Å². The third-order valence-electron chi connectivity index (χ3n) is 3.63. The van der Waals surface area contributed by atoms with Crippen LogP contribution in [0.4, 0.5) is 4.39 Å². The Hall–Kier alpha value is -2.77. The van der Waals surface area contributed by atoms with E-state index in [0.29, 0.717) is 0 Å². The van der Waals surface area contributed by atoms with Crippen LogP contribution in [0.3, 0.4) is 0 Å². The predicted octanol–water partition coefficient (Wildman–Crippen LogP) is 4.00. The number of hydrogen-bond acceptors (Lipinski definition) is 5. The third-order valence-corrected chi connectivity index (χ3v) is 4.78. The van der Waals surface area contributed by atoms with Gasteiger partial charge in [0.25, 0.3) is 5.91 Å². The summed E-state index contributed by atoms with van der Waals surface area (Å²) in [6.45, 7) is -0.457. The summed E-state index contributed by atoms with van der Waals surface area (Å²) in [6.07, 6.45) is 1.38. The SMILES string of the molecule is O=C(COC(=O)c1ccnc(Cl)c1)NC(c1ccc(F)cc1)c1cccs1. The summed E-state index contributed by atoms with van der Waals surface area (Å²) < 4.78 is 18.2. The van der Waals surface area contributed by atoms with Crippen molar-refractivity contribution in [3.63, 3.8) is 0 Å². The van der Waals surface area contributed by atoms with Crippen LogP contribution < -0.4 is 5.32 Å². The first-order valence-electron chi connectivity index (χ1n) is 7.90. The number of pyridine rings is 1. The lowest BCUT2D eigenvalue weighted by Gasteiger charge is -2.18. The molecule has 3 aromatic rings. The number of nitrogens with one attached hydrogen (secondary N) is 1. The van der Waals surface area contributed by atoms with Crippen LogP contribution in [0.15, 0.2) is 60.1 Å². The number of halogens is 2. The molecule has 2 aromatic heterocycles. The normalized spacial score (nSPS) is 11.6. The number of benzene rings is 1. The van der Waals surface area contributed by atoms with E-state index in [4.69, 9.17) is 16.3 Å². The number of thiophene rings is 1. The summed E-state index contributed by atoms with van der Waals surface area (Å²) >= 11 is 7.19. The molecule has 3 rings (SSSR count). The number of rotatable bonds is 6. The maximum atomic E-state index is 13.2. The van der Waals surface area contributed by atoms with E-state index in [1.807, 2.05) is 17.5 Å². The lowest BCUT2D eigenvalue weighted by molar-refractivity contribution is -0.124. The third kappa shape index (κ3) is 5.12. The van der Waals surface area contributed by atoms with E-state index in [-0.39, 0.29) is 16.5 Å². The Morgan fingerprint density at radius 2 is 2.00 bits per heavy atom. The van der Waals surface area contributed by atoms with Crippen LogP contribution in [0, 0.1) is 5.82 Å². The number of amides is 1. The van der Waals surface area contributed by atoms with Gasteiger partial charge in [-0.1, -0.05) is 29.8 Å². The van der Waals surface area contributed by atoms with E-state index >= 15 is 0 Å². The molecular weight excluding hydrogens is 391 g/mol. The zero-order valence-electron chi connectivity index (χ0n) is 13.9. The van der Waals surface area contributed by atoms with Gasteiger partial charge in [0, 0.05) is 11.1 Å². The van der Waals surface area contributed by atoms with E-state index in [2.05, 4.69) is 10.3 Å². The van der Waals surface area contributed by atoms with Gasteiger partial charge in [-0.3, -0.25) is 4.79 Å². The molecule has 0 aliphatic heterocycles. The Balaban J connectivity index is 1.66. The Morgan fingerprint density at radius 3 is 2.67 bits per heavy atom. The second-order valence-electron chi connectivity index (χ2n) is 5.51. The summed E-state index contributed by atoms with van der Waals surface area (Å²) in [4.78, 5) is 28.9. The van der Waals surface area contributed by atoms with Gasteiger partial charge >= 0.3 is 5.97 Å². The second kappa shape index (κ2) is 8.75. The Kier molecular flexibility index (Phi) is 6.16. The molecular formula is C19H14ClFN2O3S. The maximum absolute atomic E-state index is 13.2. The number of esters is 1. The van der Waals surface area contributed by atoms with Gasteiger partial charge in [-0.05, 0) is 41.3 Å². The summed E-state index contributed by atoms with van der Waals surface area (Å²) in [5, 5.41) is 4.84. The Morgan fingerprint density at radius 1 is 1.22 bits per heavy atom. The van der Waals surface area contributed by atoms with Gasteiger partial charge in [0.1, 0.15) is 11.0 Å². The molecule has 0 saturated carbocycles. The van der Waals surface area contributed by atoms with Crippen molar-refractivity contribution in [2.45, 2.75) is 6.04 Å². The molecule has 0 spiro atoms. The fraction of sp³-hybridized carbons (Fsp3) is 0.105. The maximum Gasteiger partial charge on any atom is 0.338 e. The number of nitrogens with zero attached hydrogens (tertiary/aromatic N) is 1. The molecule has 1 N–H and O–H groups in total. The van der Waals surface area contributed by atoms with E-state index < -0.39 is 24.5 Å². The monoisotopic (exact) mass is 404 g/mol. The van der Waals surface area contributed by atoms with E-state index in [1.54, 1.807) is 12.1 Å². The fourth-order valence-corrected chi connectivity index (χ4v) is 3.35. The number of ether oxygens (including phenoxy) is 1. The highest BCUT2D eigenvalue weighted by molar-refractivity contribution is 7.10. The van der Waals surface area contributed by atoms with Gasteiger partial charge in [0.2, 0.25) is 0 Å². The molecule has 5 nitrogen and oxygen atoms in total. The van der Waals surface area contributed by atoms with Crippen LogP contribution in [0.25, 0.3) is 0 Å². The van der Waals surface area contributed by atoms with Crippen LogP contribution in [-0.4, -0.2) is 23.5 Å². The molecule has 0 aliphatic rings. The molecule has 0 saturated heterocycles. The molecule has 1 unspecified atom stereocenters. The summed E-state index contributed by atoms with van der Waals surface area (Å²) in [5.41, 5.74) is 0.926. The van der Waals surface area contributed by atoms with E-state index in [1.165, 1.54) is 41.8 Å². The summed E-state index contributed by atoms with van der Waals surface area (Å²) in [5.74, 6) is -1.52. The number of carbonyl (C=O) groups excluding carboxylic acids is 2. The minimum Gasteiger partial charge on any atom is -0.452 e. The minimum atomic E-state index is -0.677. The molecule has 0 fully saturated rings. The summed E-state index contributed by atoms with van der Waals surface area (Å²) in [7, 11) is 0. The van der Waals surface area contributed by atoms with Crippen molar-refractivity contribution in [1.29, 1.82) is 0 Å². The fourth-order valence-electron chi connectivity index (χ4n) is 2.38. The van der Waals surface area contributed by atoms with E-state index in [9.17, 15) is 14.0 Å². The van der Waals surface area contributed by atoms with Gasteiger partial charge in [-0.25, -0.2) is 14.2 Å². The summed E-state index contributed by atoms with van der Waals surface area (Å²) in [6, 6.07) is 11.9. The topological polar surface area (TPSA) is 68.3 Å². The van der Waals surface area contributed by atoms with Crippen molar-refractivity contribution >= 4 is 34.8 Å². The second-order valence-corrected chi connectivity index (χ2v) is 6.88. The van der Waals surface area contributed by atoms with Crippen LogP contribution in [0.5, 0.6) is 0 Å². The molecule has 1 amide bonds. The van der Waals surface area contributed by atoms with Crippen molar-refractivity contribution < 1.29 is 18.7 Å². The van der Waals surface area contributed by atoms with Crippen molar-refractivity contribution in [2.75, 3.05) is 6.61 Å². The first kappa shape index (κ1) is 19.0. The average molecular weight is 405 g/mol. The molecule has 0 aliphatic carbocycles. The smallest absolute Gasteiger partial charge is 0.338 e. The standard InChI is InChI=1S/C19H14ClFN2O3S/c20-16-10-13(7-8-22-16)19(25)26-11-17(24)23-18(15-2-1-9-27-15)12-3-5-14(21)6-4-12/h1-10,18H,11H2,(H,23,24). The van der Waals surface area contributed by atoms with Crippen molar-refractivity contribution in [3.05, 3.63) is 87.1 Å². The molecule has 138 valence electrons. The Labute approximate surface area is 163 Å². The van der Waals surface area contributed by atoms with Gasteiger partial charge in [-0.15, -0.1) is 11.3 Å². The first-order chi connectivity index (χ1) is 13.0. The number of hydrogen-bond donors (Lipinski definition) is 1. The number of carbonyl (C=O) groups is 2. The van der Waals surface area contributed by atoms with Crippen molar-refractivity contribution in [1.82, 2.24) is 10.3 Å².